The van der Waals surface area contributed by atoms with Gasteiger partial charge in [-0.25, -0.2) is 0 Å². The fourth-order valence-corrected chi connectivity index (χ4v) is 7.96. The Kier molecular flexibility index (Phi) is 11.0. The monoisotopic (exact) mass is 596 g/mol. The SMILES string of the molecule is O=C(CCCN1C(=O)/C(=C2\SC(=S)N(CCCC(=O)N3CCCCCC3)C2=O)SC1=S)N1CCCCCC1. The fraction of sp³-hybridized carbons (Fsp3) is 0.692. The minimum Gasteiger partial charge on any atom is -0.343 e. The number of rotatable bonds is 8. The fourth-order valence-electron chi connectivity index (χ4n) is 5.19. The van der Waals surface area contributed by atoms with Gasteiger partial charge < -0.3 is 9.80 Å². The molecule has 4 heterocycles. The number of amides is 4. The van der Waals surface area contributed by atoms with Gasteiger partial charge in [0.1, 0.15) is 8.64 Å². The van der Waals surface area contributed by atoms with Crippen molar-refractivity contribution < 1.29 is 19.2 Å². The van der Waals surface area contributed by atoms with E-state index in [0.717, 1.165) is 75.4 Å². The van der Waals surface area contributed by atoms with Crippen molar-refractivity contribution in [1.29, 1.82) is 0 Å². The van der Waals surface area contributed by atoms with Crippen molar-refractivity contribution >= 4 is 80.2 Å². The molecule has 4 fully saturated rings. The first-order chi connectivity index (χ1) is 18.4. The maximum atomic E-state index is 13.2. The van der Waals surface area contributed by atoms with Crippen LogP contribution in [0.15, 0.2) is 9.81 Å². The average molecular weight is 597 g/mol. The largest absolute Gasteiger partial charge is 0.343 e. The number of nitrogens with zero attached hydrogens (tertiary/aromatic N) is 4. The summed E-state index contributed by atoms with van der Waals surface area (Å²) < 4.78 is 0.807. The van der Waals surface area contributed by atoms with E-state index < -0.39 is 0 Å². The van der Waals surface area contributed by atoms with Gasteiger partial charge in [0, 0.05) is 52.1 Å². The van der Waals surface area contributed by atoms with E-state index in [9.17, 15) is 19.2 Å². The molecule has 8 nitrogen and oxygen atoms in total. The summed E-state index contributed by atoms with van der Waals surface area (Å²) in [6.45, 7) is 3.96. The molecule has 4 rings (SSSR count). The van der Waals surface area contributed by atoms with Crippen molar-refractivity contribution in [3.63, 3.8) is 0 Å². The Morgan fingerprint density at radius 2 is 0.947 bits per heavy atom. The van der Waals surface area contributed by atoms with Gasteiger partial charge in [-0.05, 0) is 38.5 Å². The van der Waals surface area contributed by atoms with Crippen molar-refractivity contribution in [1.82, 2.24) is 19.6 Å². The Morgan fingerprint density at radius 3 is 1.29 bits per heavy atom. The van der Waals surface area contributed by atoms with Crippen LogP contribution in [-0.4, -0.2) is 91.1 Å². The summed E-state index contributed by atoms with van der Waals surface area (Å²) in [5.74, 6) is -0.321. The van der Waals surface area contributed by atoms with Gasteiger partial charge >= 0.3 is 0 Å². The van der Waals surface area contributed by atoms with Crippen LogP contribution in [0.25, 0.3) is 0 Å². The van der Waals surface area contributed by atoms with E-state index >= 15 is 0 Å². The molecule has 0 unspecified atom stereocenters. The zero-order valence-corrected chi connectivity index (χ0v) is 25.0. The van der Waals surface area contributed by atoms with Crippen molar-refractivity contribution in [3.05, 3.63) is 9.81 Å². The number of thiocarbonyl (C=S) groups is 2. The van der Waals surface area contributed by atoms with Crippen LogP contribution < -0.4 is 0 Å². The van der Waals surface area contributed by atoms with E-state index in [4.69, 9.17) is 24.4 Å². The van der Waals surface area contributed by atoms with Gasteiger partial charge in [-0.15, -0.1) is 0 Å². The number of thioether (sulfide) groups is 2. The van der Waals surface area contributed by atoms with Crippen molar-refractivity contribution in [2.75, 3.05) is 39.3 Å². The quantitative estimate of drug-likeness (QED) is 0.303. The number of carbonyl (C=O) groups is 4. The molecule has 0 aliphatic carbocycles. The number of carbonyl (C=O) groups excluding carboxylic acids is 4. The lowest BCUT2D eigenvalue weighted by molar-refractivity contribution is -0.132. The van der Waals surface area contributed by atoms with Crippen LogP contribution in [0, 0.1) is 0 Å². The van der Waals surface area contributed by atoms with Gasteiger partial charge in [0.15, 0.2) is 0 Å². The van der Waals surface area contributed by atoms with Crippen LogP contribution in [0.2, 0.25) is 0 Å². The molecule has 0 spiro atoms. The number of hydrogen-bond acceptors (Lipinski definition) is 8. The summed E-state index contributed by atoms with van der Waals surface area (Å²) in [6.07, 6.45) is 10.7. The predicted octanol–water partition coefficient (Wildman–Crippen LogP) is 4.28. The van der Waals surface area contributed by atoms with E-state index in [-0.39, 0.29) is 23.6 Å². The highest BCUT2D eigenvalue weighted by atomic mass is 32.2. The van der Waals surface area contributed by atoms with Crippen molar-refractivity contribution in [2.45, 2.75) is 77.0 Å². The standard InChI is InChI=1S/C26H36N4O4S4/c31-19(27-13-5-1-2-6-14-27)11-9-17-29-23(33)21(37-25(29)35)22-24(34)30(26(36)38-22)18-10-12-20(32)28-15-7-3-4-8-16-28/h1-18H2/b22-21+. The maximum Gasteiger partial charge on any atom is 0.267 e. The summed E-state index contributed by atoms with van der Waals surface area (Å²) in [5.41, 5.74) is 0. The molecule has 0 N–H and O–H groups in total. The lowest BCUT2D eigenvalue weighted by Crippen LogP contribution is -2.34. The van der Waals surface area contributed by atoms with E-state index in [1.807, 2.05) is 9.80 Å². The summed E-state index contributed by atoms with van der Waals surface area (Å²) >= 11 is 13.2. The third kappa shape index (κ3) is 7.37. The third-order valence-corrected chi connectivity index (χ3v) is 10.4. The topological polar surface area (TPSA) is 81.2 Å². The Morgan fingerprint density at radius 1 is 0.605 bits per heavy atom. The molecule has 0 aromatic heterocycles. The molecule has 0 atom stereocenters. The van der Waals surface area contributed by atoms with Crippen LogP contribution in [-0.2, 0) is 19.2 Å². The van der Waals surface area contributed by atoms with Crippen LogP contribution in [0.3, 0.4) is 0 Å². The van der Waals surface area contributed by atoms with Gasteiger partial charge in [-0.1, -0.05) is 73.6 Å². The first kappa shape index (κ1) is 29.5. The zero-order valence-electron chi connectivity index (χ0n) is 21.8. The Hall–Kier alpha value is -1.50. The first-order valence-electron chi connectivity index (χ1n) is 13.7. The molecule has 4 amide bonds. The number of likely N-dealkylation sites (tertiary alicyclic amines) is 2. The third-order valence-electron chi connectivity index (χ3n) is 7.37. The molecule has 4 aliphatic heterocycles. The summed E-state index contributed by atoms with van der Waals surface area (Å²) in [5, 5.41) is 0. The van der Waals surface area contributed by atoms with Crippen LogP contribution in [0.1, 0.15) is 77.0 Å². The molecule has 4 aliphatic rings. The zero-order chi connectivity index (χ0) is 27.1. The Bertz CT molecular complexity index is 923. The maximum absolute atomic E-state index is 13.2. The highest BCUT2D eigenvalue weighted by Crippen LogP contribution is 2.42. The molecule has 0 aromatic rings. The van der Waals surface area contributed by atoms with Gasteiger partial charge in [0.2, 0.25) is 11.8 Å². The Labute approximate surface area is 244 Å². The molecule has 0 radical (unpaired) electrons. The lowest BCUT2D eigenvalue weighted by Gasteiger charge is -2.21. The van der Waals surface area contributed by atoms with Crippen LogP contribution in [0.4, 0.5) is 0 Å². The molecule has 0 aromatic carbocycles. The normalized spacial score (nSPS) is 23.4. The second-order valence-corrected chi connectivity index (χ2v) is 13.4. The smallest absolute Gasteiger partial charge is 0.267 e. The van der Waals surface area contributed by atoms with Gasteiger partial charge in [0.25, 0.3) is 11.8 Å². The molecule has 12 heteroatoms. The highest BCUT2D eigenvalue weighted by Gasteiger charge is 2.41. The summed E-state index contributed by atoms with van der Waals surface area (Å²) in [4.78, 5) is 59.0. The molecular weight excluding hydrogens is 561 g/mol. The van der Waals surface area contributed by atoms with E-state index in [1.165, 1.54) is 35.5 Å². The molecular formula is C26H36N4O4S4. The second-order valence-electron chi connectivity index (χ2n) is 10.1. The number of hydrogen-bond donors (Lipinski definition) is 0. The summed E-state index contributed by atoms with van der Waals surface area (Å²) in [6, 6.07) is 0. The van der Waals surface area contributed by atoms with Crippen molar-refractivity contribution in [2.24, 2.45) is 0 Å². The van der Waals surface area contributed by atoms with E-state index in [0.29, 0.717) is 57.2 Å². The lowest BCUT2D eigenvalue weighted by atomic mass is 10.2. The minimum absolute atomic E-state index is 0.132. The average Bonchev–Trinajstić information content (AvgIpc) is 3.19. The van der Waals surface area contributed by atoms with Gasteiger partial charge in [0.05, 0.1) is 9.81 Å². The molecule has 38 heavy (non-hydrogen) atoms. The molecule has 0 saturated carbocycles. The molecule has 0 bridgehead atoms. The predicted molar refractivity (Wildman–Crippen MR) is 159 cm³/mol. The van der Waals surface area contributed by atoms with Crippen LogP contribution in [0.5, 0.6) is 0 Å². The Balaban J connectivity index is 1.28. The molecule has 208 valence electrons. The minimum atomic E-state index is -0.293. The van der Waals surface area contributed by atoms with Crippen LogP contribution >= 0.6 is 48.0 Å². The van der Waals surface area contributed by atoms with E-state index in [1.54, 1.807) is 0 Å². The van der Waals surface area contributed by atoms with E-state index in [2.05, 4.69) is 0 Å². The van der Waals surface area contributed by atoms with Crippen molar-refractivity contribution in [3.8, 4) is 0 Å². The van der Waals surface area contributed by atoms with Gasteiger partial charge in [-0.3, -0.25) is 29.0 Å². The molecule has 4 saturated heterocycles. The highest BCUT2D eigenvalue weighted by molar-refractivity contribution is 8.29. The summed E-state index contributed by atoms with van der Waals surface area (Å²) in [7, 11) is 0. The second kappa shape index (κ2) is 14.2. The first-order valence-corrected chi connectivity index (χ1v) is 16.2. The van der Waals surface area contributed by atoms with Gasteiger partial charge in [-0.2, -0.15) is 0 Å².